The molecule has 26 heavy (non-hydrogen) atoms. The topological polar surface area (TPSA) is 0 Å². The Labute approximate surface area is 145 Å². The Hall–Kier alpha value is -2.76. The molecular weight excluding hydrogens is 354 g/mol. The van der Waals surface area contributed by atoms with Gasteiger partial charge < -0.3 is 0 Å². The molecule has 134 valence electrons. The number of hydrogen-bond acceptors (Lipinski definition) is 0. The Morgan fingerprint density at radius 1 is 0.462 bits per heavy atom. The minimum atomic E-state index is -2.18. The maximum Gasteiger partial charge on any atom is 0.165 e. The largest absolute Gasteiger partial charge is 0.237 e. The normalized spacial score (nSPS) is 13.5. The van der Waals surface area contributed by atoms with E-state index in [-0.39, 0.29) is 11.1 Å². The van der Waals surface area contributed by atoms with Gasteiger partial charge in [0.1, 0.15) is 0 Å². The summed E-state index contributed by atoms with van der Waals surface area (Å²) in [4.78, 5) is 0. The molecule has 0 radical (unpaired) electrons. The second kappa shape index (κ2) is 7.23. The van der Waals surface area contributed by atoms with Gasteiger partial charge in [-0.05, 0) is 23.3 Å². The van der Waals surface area contributed by atoms with E-state index < -0.39 is 46.7 Å². The summed E-state index contributed by atoms with van der Waals surface area (Å²) in [5.74, 6) is -5.25. The molecule has 0 spiro atoms. The molecule has 0 saturated heterocycles. The molecule has 6 heteroatoms. The molecule has 0 aliphatic carbocycles. The van der Waals surface area contributed by atoms with E-state index in [1.54, 1.807) is 0 Å². The van der Waals surface area contributed by atoms with Crippen LogP contribution in [0.2, 0.25) is 0 Å². The first-order valence-electron chi connectivity index (χ1n) is 7.66. The van der Waals surface area contributed by atoms with Crippen LogP contribution in [0.4, 0.5) is 26.3 Å². The van der Waals surface area contributed by atoms with Crippen molar-refractivity contribution in [1.29, 1.82) is 0 Å². The van der Waals surface area contributed by atoms with Gasteiger partial charge in [0.05, 0.1) is 0 Å². The number of rotatable bonds is 4. The van der Waals surface area contributed by atoms with E-state index in [9.17, 15) is 26.3 Å². The molecule has 0 fully saturated rings. The standard InChI is InChI=1S/C20H12F6/c21-15-9-3-7-13(19(15)25)17(23)11-5-1-2-6-12(11)18(24)14-8-4-10-16(22)20(14)26/h1-10,17-18H. The minimum absolute atomic E-state index is 0.298. The van der Waals surface area contributed by atoms with Gasteiger partial charge in [-0.2, -0.15) is 0 Å². The zero-order chi connectivity index (χ0) is 18.8. The van der Waals surface area contributed by atoms with E-state index in [0.717, 1.165) is 36.4 Å². The van der Waals surface area contributed by atoms with Crippen molar-refractivity contribution in [2.75, 3.05) is 0 Å². The van der Waals surface area contributed by atoms with Crippen LogP contribution >= 0.6 is 0 Å². The van der Waals surface area contributed by atoms with Gasteiger partial charge in [0.2, 0.25) is 0 Å². The zero-order valence-corrected chi connectivity index (χ0v) is 13.2. The third-order valence-electron chi connectivity index (χ3n) is 4.05. The molecule has 0 nitrogen and oxygen atoms in total. The average molecular weight is 366 g/mol. The lowest BCUT2D eigenvalue weighted by atomic mass is 9.92. The summed E-state index contributed by atoms with van der Waals surface area (Å²) in [5.41, 5.74) is -1.81. The third-order valence-corrected chi connectivity index (χ3v) is 4.05. The molecule has 3 aromatic carbocycles. The van der Waals surface area contributed by atoms with Crippen LogP contribution in [0.1, 0.15) is 34.6 Å². The van der Waals surface area contributed by atoms with Gasteiger partial charge in [-0.1, -0.05) is 48.5 Å². The Morgan fingerprint density at radius 2 is 0.808 bits per heavy atom. The van der Waals surface area contributed by atoms with Gasteiger partial charge >= 0.3 is 0 Å². The van der Waals surface area contributed by atoms with Gasteiger partial charge in [-0.3, -0.25) is 0 Å². The maximum atomic E-state index is 14.9. The van der Waals surface area contributed by atoms with Crippen LogP contribution in [0.3, 0.4) is 0 Å². The summed E-state index contributed by atoms with van der Waals surface area (Å²) in [6.45, 7) is 0. The van der Waals surface area contributed by atoms with Crippen molar-refractivity contribution in [3.05, 3.63) is 106 Å². The number of halogens is 6. The van der Waals surface area contributed by atoms with E-state index in [1.165, 1.54) is 24.3 Å². The molecule has 0 aromatic heterocycles. The number of alkyl halides is 2. The zero-order valence-electron chi connectivity index (χ0n) is 13.2. The fraction of sp³-hybridized carbons (Fsp3) is 0.100. The first-order valence-corrected chi connectivity index (χ1v) is 7.66. The predicted octanol–water partition coefficient (Wildman–Crippen LogP) is 6.36. The maximum absolute atomic E-state index is 14.9. The molecule has 0 amide bonds. The first-order chi connectivity index (χ1) is 12.4. The quantitative estimate of drug-likeness (QED) is 0.471. The van der Waals surface area contributed by atoms with Crippen LogP contribution in [0.5, 0.6) is 0 Å². The summed E-state index contributed by atoms with van der Waals surface area (Å²) in [5, 5.41) is 0. The minimum Gasteiger partial charge on any atom is -0.237 e. The van der Waals surface area contributed by atoms with Crippen LogP contribution < -0.4 is 0 Å². The van der Waals surface area contributed by atoms with Crippen LogP contribution in [0, 0.1) is 23.3 Å². The molecule has 0 heterocycles. The second-order valence-corrected chi connectivity index (χ2v) is 5.64. The van der Waals surface area contributed by atoms with Crippen LogP contribution in [-0.2, 0) is 0 Å². The van der Waals surface area contributed by atoms with E-state index >= 15 is 0 Å². The van der Waals surface area contributed by atoms with Crippen molar-refractivity contribution in [3.63, 3.8) is 0 Å². The lowest BCUT2D eigenvalue weighted by Crippen LogP contribution is -2.07. The molecule has 3 rings (SSSR count). The Bertz CT molecular complexity index is 861. The second-order valence-electron chi connectivity index (χ2n) is 5.64. The smallest absolute Gasteiger partial charge is 0.165 e. The molecule has 0 N–H and O–H groups in total. The molecule has 2 atom stereocenters. The summed E-state index contributed by atoms with van der Waals surface area (Å²) in [6.07, 6.45) is -4.37. The van der Waals surface area contributed by atoms with Crippen LogP contribution in [0.15, 0.2) is 60.7 Å². The number of benzene rings is 3. The van der Waals surface area contributed by atoms with Crippen molar-refractivity contribution in [1.82, 2.24) is 0 Å². The van der Waals surface area contributed by atoms with Gasteiger partial charge in [-0.15, -0.1) is 0 Å². The SMILES string of the molecule is Fc1cccc(C(F)c2ccccc2C(F)c2cccc(F)c2F)c1F. The molecule has 0 saturated carbocycles. The lowest BCUT2D eigenvalue weighted by molar-refractivity contribution is 0.350. The van der Waals surface area contributed by atoms with Crippen molar-refractivity contribution < 1.29 is 26.3 Å². The summed E-state index contributed by atoms with van der Waals surface area (Å²) < 4.78 is 84.3. The van der Waals surface area contributed by atoms with E-state index in [1.807, 2.05) is 0 Å². The summed E-state index contributed by atoms with van der Waals surface area (Å²) in [7, 11) is 0. The Morgan fingerprint density at radius 3 is 1.19 bits per heavy atom. The summed E-state index contributed by atoms with van der Waals surface area (Å²) in [6, 6.07) is 11.1. The molecule has 0 aliphatic rings. The van der Waals surface area contributed by atoms with Crippen molar-refractivity contribution >= 4 is 0 Å². The van der Waals surface area contributed by atoms with Gasteiger partial charge in [-0.25, -0.2) is 26.3 Å². The van der Waals surface area contributed by atoms with Gasteiger partial charge in [0.15, 0.2) is 35.6 Å². The third kappa shape index (κ3) is 3.19. The molecular formula is C20H12F6. The Balaban J connectivity index is 2.08. The fourth-order valence-corrected chi connectivity index (χ4v) is 2.74. The molecule has 0 aliphatic heterocycles. The number of hydrogen-bond donors (Lipinski definition) is 0. The highest BCUT2D eigenvalue weighted by Crippen LogP contribution is 2.37. The van der Waals surface area contributed by atoms with Gasteiger partial charge in [0, 0.05) is 11.1 Å². The highest BCUT2D eigenvalue weighted by atomic mass is 19.2. The molecule has 3 aromatic rings. The van der Waals surface area contributed by atoms with E-state index in [4.69, 9.17) is 0 Å². The van der Waals surface area contributed by atoms with Crippen LogP contribution in [-0.4, -0.2) is 0 Å². The van der Waals surface area contributed by atoms with E-state index in [0.29, 0.717) is 0 Å². The predicted molar refractivity (Wildman–Crippen MR) is 85.1 cm³/mol. The first kappa shape index (κ1) is 18.0. The average Bonchev–Trinajstić information content (AvgIpc) is 2.65. The van der Waals surface area contributed by atoms with Crippen LogP contribution in [0.25, 0.3) is 0 Å². The van der Waals surface area contributed by atoms with E-state index in [2.05, 4.69) is 0 Å². The van der Waals surface area contributed by atoms with Crippen molar-refractivity contribution in [2.24, 2.45) is 0 Å². The molecule has 2 unspecified atom stereocenters. The van der Waals surface area contributed by atoms with Gasteiger partial charge in [0.25, 0.3) is 0 Å². The lowest BCUT2D eigenvalue weighted by Gasteiger charge is -2.18. The highest BCUT2D eigenvalue weighted by molar-refractivity contribution is 5.42. The summed E-state index contributed by atoms with van der Waals surface area (Å²) >= 11 is 0. The highest BCUT2D eigenvalue weighted by Gasteiger charge is 2.27. The monoisotopic (exact) mass is 366 g/mol. The van der Waals surface area contributed by atoms with Crippen molar-refractivity contribution in [2.45, 2.75) is 12.3 Å². The fourth-order valence-electron chi connectivity index (χ4n) is 2.74. The molecule has 0 bridgehead atoms. The van der Waals surface area contributed by atoms with Crippen molar-refractivity contribution in [3.8, 4) is 0 Å². The Kier molecular flexibility index (Phi) is 5.02.